The zero-order valence-electron chi connectivity index (χ0n) is 11.9. The number of benzene rings is 1. The van der Waals surface area contributed by atoms with Crippen molar-refractivity contribution in [3.8, 4) is 0 Å². The molecule has 0 aliphatic carbocycles. The van der Waals surface area contributed by atoms with E-state index in [0.29, 0.717) is 5.69 Å². The normalized spacial score (nSPS) is 15.6. The zero-order chi connectivity index (χ0) is 14.4. The second kappa shape index (κ2) is 7.11. The van der Waals surface area contributed by atoms with E-state index in [-0.39, 0.29) is 18.2 Å². The van der Waals surface area contributed by atoms with E-state index in [1.807, 2.05) is 31.2 Å². The Kier molecular flexibility index (Phi) is 5.79. The first kappa shape index (κ1) is 15.5. The molecular formula is C14H23N3O2. The molecule has 0 spiro atoms. The van der Waals surface area contributed by atoms with E-state index in [2.05, 4.69) is 24.5 Å². The van der Waals surface area contributed by atoms with Gasteiger partial charge in [0.15, 0.2) is 0 Å². The number of urea groups is 1. The summed E-state index contributed by atoms with van der Waals surface area (Å²) in [6.45, 7) is 6.22. The first-order valence-electron chi connectivity index (χ1n) is 6.39. The molecule has 106 valence electrons. The van der Waals surface area contributed by atoms with Gasteiger partial charge in [-0.25, -0.2) is 4.79 Å². The van der Waals surface area contributed by atoms with Crippen LogP contribution in [0.4, 0.5) is 10.5 Å². The highest BCUT2D eigenvalue weighted by atomic mass is 16.5. The van der Waals surface area contributed by atoms with Gasteiger partial charge in [-0.3, -0.25) is 0 Å². The Balaban J connectivity index is 2.62. The fraction of sp³-hybridized carbons (Fsp3) is 0.500. The van der Waals surface area contributed by atoms with Crippen LogP contribution < -0.4 is 16.4 Å². The van der Waals surface area contributed by atoms with Gasteiger partial charge in [-0.15, -0.1) is 0 Å². The lowest BCUT2D eigenvalue weighted by Crippen LogP contribution is -2.38. The molecule has 0 fully saturated rings. The van der Waals surface area contributed by atoms with Crippen molar-refractivity contribution in [3.05, 3.63) is 29.8 Å². The molecule has 1 aromatic rings. The van der Waals surface area contributed by atoms with E-state index in [1.54, 1.807) is 7.11 Å². The molecule has 0 saturated carbocycles. The van der Waals surface area contributed by atoms with Gasteiger partial charge in [0.2, 0.25) is 0 Å². The van der Waals surface area contributed by atoms with Gasteiger partial charge in [0.25, 0.3) is 0 Å². The summed E-state index contributed by atoms with van der Waals surface area (Å²) in [6, 6.07) is 7.51. The fourth-order valence-corrected chi connectivity index (χ4v) is 1.83. The molecule has 5 nitrogen and oxygen atoms in total. The predicted octanol–water partition coefficient (Wildman–Crippen LogP) is 2.25. The molecule has 3 unspecified atom stereocenters. The molecule has 0 aliphatic rings. The number of carbonyl (C=O) groups excluding carboxylic acids is 1. The van der Waals surface area contributed by atoms with Crippen molar-refractivity contribution >= 4 is 11.7 Å². The van der Waals surface area contributed by atoms with Crippen LogP contribution in [0.3, 0.4) is 0 Å². The van der Waals surface area contributed by atoms with E-state index >= 15 is 0 Å². The van der Waals surface area contributed by atoms with Gasteiger partial charge >= 0.3 is 6.03 Å². The zero-order valence-corrected chi connectivity index (χ0v) is 11.9. The molecule has 19 heavy (non-hydrogen) atoms. The average Bonchev–Trinajstić information content (AvgIpc) is 2.37. The molecule has 0 radical (unpaired) electrons. The second-order valence-corrected chi connectivity index (χ2v) is 4.73. The number of hydrogen-bond acceptors (Lipinski definition) is 3. The Labute approximate surface area is 114 Å². The number of carbonyl (C=O) groups is 1. The molecule has 1 rings (SSSR count). The lowest BCUT2D eigenvalue weighted by molar-refractivity contribution is 0.0852. The number of amides is 2. The molecule has 5 heteroatoms. The molecule has 4 N–H and O–H groups in total. The molecule has 2 amide bonds. The minimum absolute atomic E-state index is 0.151. The Morgan fingerprint density at radius 2 is 1.79 bits per heavy atom. The Morgan fingerprint density at radius 1 is 1.21 bits per heavy atom. The molecule has 0 bridgehead atoms. The summed E-state index contributed by atoms with van der Waals surface area (Å²) < 4.78 is 5.29. The van der Waals surface area contributed by atoms with Crippen LogP contribution in [0, 0.1) is 0 Å². The summed E-state index contributed by atoms with van der Waals surface area (Å²) in [4.78, 5) is 10.7. The van der Waals surface area contributed by atoms with Crippen LogP contribution in [0.1, 0.15) is 32.4 Å². The largest absolute Gasteiger partial charge is 0.380 e. The molecule has 0 aromatic heterocycles. The van der Waals surface area contributed by atoms with Crippen molar-refractivity contribution in [3.63, 3.8) is 0 Å². The summed E-state index contributed by atoms with van der Waals surface area (Å²) >= 11 is 0. The van der Waals surface area contributed by atoms with Crippen molar-refractivity contribution in [1.29, 1.82) is 0 Å². The van der Waals surface area contributed by atoms with Crippen LogP contribution in [-0.2, 0) is 4.74 Å². The quantitative estimate of drug-likeness (QED) is 0.738. The minimum atomic E-state index is -0.554. The average molecular weight is 265 g/mol. The van der Waals surface area contributed by atoms with Crippen molar-refractivity contribution in [2.45, 2.75) is 39.0 Å². The van der Waals surface area contributed by atoms with Crippen LogP contribution in [-0.4, -0.2) is 25.3 Å². The van der Waals surface area contributed by atoms with Gasteiger partial charge in [0, 0.05) is 24.9 Å². The van der Waals surface area contributed by atoms with Crippen LogP contribution in [0.25, 0.3) is 0 Å². The monoisotopic (exact) mass is 265 g/mol. The van der Waals surface area contributed by atoms with Crippen molar-refractivity contribution in [2.24, 2.45) is 5.73 Å². The first-order valence-corrected chi connectivity index (χ1v) is 6.39. The topological polar surface area (TPSA) is 76.4 Å². The van der Waals surface area contributed by atoms with Crippen molar-refractivity contribution < 1.29 is 9.53 Å². The SMILES string of the molecule is COC(C)C(C)NC(C)c1ccc(NC(N)=O)cc1. The van der Waals surface area contributed by atoms with Gasteiger partial charge < -0.3 is 21.1 Å². The molecule has 0 aliphatic heterocycles. The van der Waals surface area contributed by atoms with E-state index in [0.717, 1.165) is 5.56 Å². The maximum Gasteiger partial charge on any atom is 0.316 e. The lowest BCUT2D eigenvalue weighted by atomic mass is 10.1. The summed E-state index contributed by atoms with van der Waals surface area (Å²) in [5.74, 6) is 0. The number of methoxy groups -OCH3 is 1. The smallest absolute Gasteiger partial charge is 0.316 e. The third kappa shape index (κ3) is 4.89. The number of hydrogen-bond donors (Lipinski definition) is 3. The summed E-state index contributed by atoms with van der Waals surface area (Å²) in [5, 5.41) is 6.01. The Hall–Kier alpha value is -1.59. The molecule has 3 atom stereocenters. The summed E-state index contributed by atoms with van der Waals surface area (Å²) in [6.07, 6.45) is 0.151. The molecular weight excluding hydrogens is 242 g/mol. The Bertz CT molecular complexity index is 406. The first-order chi connectivity index (χ1) is 8.93. The van der Waals surface area contributed by atoms with E-state index in [9.17, 15) is 4.79 Å². The Morgan fingerprint density at radius 3 is 2.26 bits per heavy atom. The summed E-state index contributed by atoms with van der Waals surface area (Å²) in [7, 11) is 1.71. The van der Waals surface area contributed by atoms with Crippen LogP contribution >= 0.6 is 0 Å². The van der Waals surface area contributed by atoms with Gasteiger partial charge in [-0.2, -0.15) is 0 Å². The summed E-state index contributed by atoms with van der Waals surface area (Å²) in [5.41, 5.74) is 6.90. The lowest BCUT2D eigenvalue weighted by Gasteiger charge is -2.24. The molecule has 0 heterocycles. The highest BCUT2D eigenvalue weighted by Crippen LogP contribution is 2.17. The molecule has 1 aromatic carbocycles. The van der Waals surface area contributed by atoms with Gasteiger partial charge in [0.1, 0.15) is 0 Å². The number of nitrogens with one attached hydrogen (secondary N) is 2. The second-order valence-electron chi connectivity index (χ2n) is 4.73. The number of rotatable bonds is 6. The van der Waals surface area contributed by atoms with E-state index in [1.165, 1.54) is 0 Å². The van der Waals surface area contributed by atoms with Crippen LogP contribution in [0.2, 0.25) is 0 Å². The molecule has 0 saturated heterocycles. The van der Waals surface area contributed by atoms with Crippen molar-refractivity contribution in [1.82, 2.24) is 5.32 Å². The number of ether oxygens (including phenoxy) is 1. The maximum atomic E-state index is 10.7. The maximum absolute atomic E-state index is 10.7. The minimum Gasteiger partial charge on any atom is -0.380 e. The van der Waals surface area contributed by atoms with Gasteiger partial charge in [0.05, 0.1) is 6.10 Å². The number of nitrogens with two attached hydrogens (primary N) is 1. The van der Waals surface area contributed by atoms with Crippen molar-refractivity contribution in [2.75, 3.05) is 12.4 Å². The van der Waals surface area contributed by atoms with E-state index < -0.39 is 6.03 Å². The third-order valence-corrected chi connectivity index (χ3v) is 3.27. The predicted molar refractivity (Wildman–Crippen MR) is 77.1 cm³/mol. The van der Waals surface area contributed by atoms with E-state index in [4.69, 9.17) is 10.5 Å². The van der Waals surface area contributed by atoms with Gasteiger partial charge in [-0.05, 0) is 38.5 Å². The van der Waals surface area contributed by atoms with Crippen LogP contribution in [0.5, 0.6) is 0 Å². The standard InChI is InChI=1S/C14H23N3O2/c1-9(11(3)19-4)16-10(2)12-5-7-13(8-6-12)17-14(15)18/h5-11,16H,1-4H3,(H3,15,17,18). The highest BCUT2D eigenvalue weighted by molar-refractivity contribution is 5.87. The number of primary amides is 1. The third-order valence-electron chi connectivity index (χ3n) is 3.27. The fourth-order valence-electron chi connectivity index (χ4n) is 1.83. The highest BCUT2D eigenvalue weighted by Gasteiger charge is 2.14. The number of anilines is 1. The van der Waals surface area contributed by atoms with Gasteiger partial charge in [-0.1, -0.05) is 12.1 Å². The van der Waals surface area contributed by atoms with Crippen LogP contribution in [0.15, 0.2) is 24.3 Å².